The number of rotatable bonds is 8. The van der Waals surface area contributed by atoms with Gasteiger partial charge in [-0.25, -0.2) is 0 Å². The highest BCUT2D eigenvalue weighted by Crippen LogP contribution is 2.13. The summed E-state index contributed by atoms with van der Waals surface area (Å²) >= 11 is 0. The number of carbonyl (C=O) groups is 1. The van der Waals surface area contributed by atoms with Crippen molar-refractivity contribution in [2.45, 2.75) is 26.0 Å². The lowest BCUT2D eigenvalue weighted by molar-refractivity contribution is -0.145. The van der Waals surface area contributed by atoms with E-state index in [4.69, 9.17) is 14.6 Å². The second kappa shape index (κ2) is 8.50. The first-order valence-electron chi connectivity index (χ1n) is 6.37. The molecule has 0 radical (unpaired) electrons. The van der Waals surface area contributed by atoms with Crippen LogP contribution in [0.15, 0.2) is 24.3 Å². The highest BCUT2D eigenvalue weighted by molar-refractivity contribution is 5.75. The number of aliphatic hydroxyl groups excluding tert-OH is 1. The molecule has 2 N–H and O–H groups in total. The van der Waals surface area contributed by atoms with Crippen molar-refractivity contribution in [2.24, 2.45) is 0 Å². The van der Waals surface area contributed by atoms with E-state index in [1.807, 2.05) is 18.2 Å². The molecule has 1 aromatic carbocycles. The van der Waals surface area contributed by atoms with E-state index in [-0.39, 0.29) is 18.6 Å². The van der Waals surface area contributed by atoms with Crippen LogP contribution in [-0.4, -0.2) is 37.4 Å². The minimum Gasteiger partial charge on any atom is -0.494 e. The van der Waals surface area contributed by atoms with Gasteiger partial charge in [0.1, 0.15) is 11.8 Å². The highest BCUT2D eigenvalue weighted by atomic mass is 16.5. The monoisotopic (exact) mass is 267 g/mol. The summed E-state index contributed by atoms with van der Waals surface area (Å²) in [5.41, 5.74) is 0.799. The van der Waals surface area contributed by atoms with Gasteiger partial charge in [-0.05, 0) is 31.7 Å². The standard InChI is InChI=1S/C14H21NO4/c1-3-18-14(17)13(15-2)7-8-19-12-6-4-5-11(9-12)10-16/h4-6,9,13,15-16H,3,7-8,10H2,1-2H3. The fraction of sp³-hybridized carbons (Fsp3) is 0.500. The maximum atomic E-state index is 11.5. The minimum absolute atomic E-state index is 0.0147. The lowest BCUT2D eigenvalue weighted by atomic mass is 10.2. The van der Waals surface area contributed by atoms with E-state index in [0.29, 0.717) is 25.4 Å². The first-order chi connectivity index (χ1) is 9.21. The molecule has 106 valence electrons. The predicted octanol–water partition coefficient (Wildman–Crippen LogP) is 1.10. The van der Waals surface area contributed by atoms with Crippen LogP contribution in [0.5, 0.6) is 5.75 Å². The van der Waals surface area contributed by atoms with Crippen LogP contribution in [0.4, 0.5) is 0 Å². The molecule has 0 saturated carbocycles. The molecule has 0 aromatic heterocycles. The van der Waals surface area contributed by atoms with Gasteiger partial charge < -0.3 is 19.9 Å². The van der Waals surface area contributed by atoms with E-state index in [1.165, 1.54) is 0 Å². The Morgan fingerprint density at radius 1 is 1.47 bits per heavy atom. The highest BCUT2D eigenvalue weighted by Gasteiger charge is 2.17. The lowest BCUT2D eigenvalue weighted by Crippen LogP contribution is -2.36. The van der Waals surface area contributed by atoms with Gasteiger partial charge in [0.15, 0.2) is 0 Å². The first kappa shape index (κ1) is 15.5. The molecule has 0 aliphatic carbocycles. The molecule has 1 unspecified atom stereocenters. The van der Waals surface area contributed by atoms with Crippen molar-refractivity contribution in [1.82, 2.24) is 5.32 Å². The van der Waals surface area contributed by atoms with Crippen LogP contribution >= 0.6 is 0 Å². The molecule has 19 heavy (non-hydrogen) atoms. The Kier molecular flexibility index (Phi) is 6.92. The van der Waals surface area contributed by atoms with Gasteiger partial charge in [0.05, 0.1) is 19.8 Å². The molecule has 0 spiro atoms. The summed E-state index contributed by atoms with van der Waals surface area (Å²) in [5.74, 6) is 0.419. The van der Waals surface area contributed by atoms with Gasteiger partial charge in [-0.3, -0.25) is 4.79 Å². The summed E-state index contributed by atoms with van der Waals surface area (Å²) < 4.78 is 10.5. The van der Waals surface area contributed by atoms with Crippen molar-refractivity contribution in [2.75, 3.05) is 20.3 Å². The molecule has 0 heterocycles. The molecule has 5 heteroatoms. The van der Waals surface area contributed by atoms with Crippen LogP contribution in [0.1, 0.15) is 18.9 Å². The van der Waals surface area contributed by atoms with Crippen LogP contribution in [-0.2, 0) is 16.1 Å². The molecular formula is C14H21NO4. The molecule has 0 saturated heterocycles. The number of likely N-dealkylation sites (N-methyl/N-ethyl adjacent to an activating group) is 1. The average Bonchev–Trinajstić information content (AvgIpc) is 2.44. The second-order valence-electron chi connectivity index (χ2n) is 4.04. The maximum absolute atomic E-state index is 11.5. The Labute approximate surface area is 113 Å². The maximum Gasteiger partial charge on any atom is 0.323 e. The molecule has 1 atom stereocenters. The molecule has 5 nitrogen and oxygen atoms in total. The first-order valence-corrected chi connectivity index (χ1v) is 6.37. The smallest absolute Gasteiger partial charge is 0.323 e. The lowest BCUT2D eigenvalue weighted by Gasteiger charge is -2.15. The van der Waals surface area contributed by atoms with Gasteiger partial charge in [0.25, 0.3) is 0 Å². The number of esters is 1. The van der Waals surface area contributed by atoms with Gasteiger partial charge in [-0.2, -0.15) is 0 Å². The van der Waals surface area contributed by atoms with Gasteiger partial charge >= 0.3 is 5.97 Å². The Balaban J connectivity index is 2.41. The van der Waals surface area contributed by atoms with Crippen molar-refractivity contribution in [1.29, 1.82) is 0 Å². The topological polar surface area (TPSA) is 67.8 Å². The number of aliphatic hydroxyl groups is 1. The normalized spacial score (nSPS) is 11.9. The van der Waals surface area contributed by atoms with E-state index < -0.39 is 0 Å². The van der Waals surface area contributed by atoms with Crippen LogP contribution in [0.3, 0.4) is 0 Å². The summed E-state index contributed by atoms with van der Waals surface area (Å²) in [4.78, 5) is 11.5. The Hall–Kier alpha value is -1.59. The number of benzene rings is 1. The Morgan fingerprint density at radius 2 is 2.26 bits per heavy atom. The third kappa shape index (κ3) is 5.28. The zero-order valence-electron chi connectivity index (χ0n) is 11.4. The molecule has 0 amide bonds. The van der Waals surface area contributed by atoms with Crippen molar-refractivity contribution in [3.8, 4) is 5.75 Å². The zero-order chi connectivity index (χ0) is 14.1. The van der Waals surface area contributed by atoms with Crippen molar-refractivity contribution >= 4 is 5.97 Å². The van der Waals surface area contributed by atoms with Gasteiger partial charge in [0, 0.05) is 6.42 Å². The minimum atomic E-state index is -0.360. The third-order valence-corrected chi connectivity index (χ3v) is 2.68. The largest absolute Gasteiger partial charge is 0.494 e. The summed E-state index contributed by atoms with van der Waals surface area (Å²) in [6, 6.07) is 6.88. The van der Waals surface area contributed by atoms with Crippen LogP contribution < -0.4 is 10.1 Å². The van der Waals surface area contributed by atoms with Crippen molar-refractivity contribution in [3.05, 3.63) is 29.8 Å². The fourth-order valence-electron chi connectivity index (χ4n) is 1.65. The Bertz CT molecular complexity index is 395. The predicted molar refractivity (Wildman–Crippen MR) is 72.0 cm³/mol. The number of nitrogens with one attached hydrogen (secondary N) is 1. The quantitative estimate of drug-likeness (QED) is 0.690. The van der Waals surface area contributed by atoms with Gasteiger partial charge in [-0.15, -0.1) is 0 Å². The average molecular weight is 267 g/mol. The molecule has 0 fully saturated rings. The van der Waals surface area contributed by atoms with Crippen LogP contribution in [0.2, 0.25) is 0 Å². The summed E-state index contributed by atoms with van der Waals surface area (Å²) in [6.45, 7) is 2.54. The number of hydrogen-bond donors (Lipinski definition) is 2. The number of ether oxygens (including phenoxy) is 2. The van der Waals surface area contributed by atoms with E-state index >= 15 is 0 Å². The second-order valence-corrected chi connectivity index (χ2v) is 4.04. The van der Waals surface area contributed by atoms with Crippen LogP contribution in [0, 0.1) is 0 Å². The third-order valence-electron chi connectivity index (χ3n) is 2.68. The van der Waals surface area contributed by atoms with Crippen LogP contribution in [0.25, 0.3) is 0 Å². The van der Waals surface area contributed by atoms with E-state index in [2.05, 4.69) is 5.32 Å². The zero-order valence-corrected chi connectivity index (χ0v) is 11.4. The van der Waals surface area contributed by atoms with Crippen molar-refractivity contribution in [3.63, 3.8) is 0 Å². The van der Waals surface area contributed by atoms with Gasteiger partial charge in [0.2, 0.25) is 0 Å². The number of carbonyl (C=O) groups excluding carboxylic acids is 1. The van der Waals surface area contributed by atoms with E-state index in [0.717, 1.165) is 5.56 Å². The Morgan fingerprint density at radius 3 is 2.89 bits per heavy atom. The van der Waals surface area contributed by atoms with E-state index in [9.17, 15) is 4.79 Å². The summed E-state index contributed by atoms with van der Waals surface area (Å²) in [6.07, 6.45) is 0.526. The SMILES string of the molecule is CCOC(=O)C(CCOc1cccc(CO)c1)NC. The molecule has 0 aliphatic rings. The van der Waals surface area contributed by atoms with E-state index in [1.54, 1.807) is 20.0 Å². The molecular weight excluding hydrogens is 246 g/mol. The van der Waals surface area contributed by atoms with Crippen molar-refractivity contribution < 1.29 is 19.4 Å². The van der Waals surface area contributed by atoms with Gasteiger partial charge in [-0.1, -0.05) is 12.1 Å². The molecule has 1 rings (SSSR count). The number of hydrogen-bond acceptors (Lipinski definition) is 5. The molecule has 0 bridgehead atoms. The molecule has 1 aromatic rings. The fourth-order valence-corrected chi connectivity index (χ4v) is 1.65. The summed E-state index contributed by atoms with van der Waals surface area (Å²) in [7, 11) is 1.72. The molecule has 0 aliphatic heterocycles. The summed E-state index contributed by atoms with van der Waals surface area (Å²) in [5, 5.41) is 11.9.